The third-order valence-corrected chi connectivity index (χ3v) is 1.42. The van der Waals surface area contributed by atoms with E-state index in [2.05, 4.69) is 15.4 Å². The fourth-order valence-corrected chi connectivity index (χ4v) is 0.688. The molecule has 0 saturated carbocycles. The van der Waals surface area contributed by atoms with Crippen molar-refractivity contribution in [3.05, 3.63) is 0 Å². The number of nitrogens with one attached hydrogen (secondary N) is 2. The van der Waals surface area contributed by atoms with Crippen LogP contribution in [-0.4, -0.2) is 50.3 Å². The number of ether oxygens (including phenoxy) is 1. The number of carbonyl (C=O) groups excluding carboxylic acids is 1. The van der Waals surface area contributed by atoms with E-state index in [1.165, 1.54) is 14.2 Å². The maximum absolute atomic E-state index is 10.7. The summed E-state index contributed by atoms with van der Waals surface area (Å²) < 4.78 is 4.66. The van der Waals surface area contributed by atoms with Gasteiger partial charge in [-0.05, 0) is 0 Å². The fourth-order valence-electron chi connectivity index (χ4n) is 0.688. The first kappa shape index (κ1) is 11.9. The number of carbonyl (C=O) groups is 2. The van der Waals surface area contributed by atoms with Crippen molar-refractivity contribution in [2.24, 2.45) is 0 Å². The van der Waals surface area contributed by atoms with E-state index in [4.69, 9.17) is 5.11 Å². The quantitative estimate of drug-likeness (QED) is 0.470. The number of carboxylic acids is 1. The molecule has 0 spiro atoms. The van der Waals surface area contributed by atoms with E-state index in [0.29, 0.717) is 0 Å². The van der Waals surface area contributed by atoms with E-state index in [9.17, 15) is 9.59 Å². The van der Waals surface area contributed by atoms with Gasteiger partial charge in [-0.2, -0.15) is 0 Å². The second kappa shape index (κ2) is 6.38. The maximum atomic E-state index is 10.7. The number of likely N-dealkylation sites (N-methyl/N-ethyl adjacent to an activating group) is 1. The zero-order valence-corrected chi connectivity index (χ0v) is 7.66. The van der Waals surface area contributed by atoms with Gasteiger partial charge in [0, 0.05) is 14.2 Å². The van der Waals surface area contributed by atoms with Crippen LogP contribution in [0.3, 0.4) is 0 Å². The summed E-state index contributed by atoms with van der Waals surface area (Å²) in [5.41, 5.74) is 0. The Kier molecular flexibility index (Phi) is 5.82. The minimum absolute atomic E-state index is 0.0309. The minimum Gasteiger partial charge on any atom is -0.480 e. The third kappa shape index (κ3) is 5.15. The van der Waals surface area contributed by atoms with E-state index in [1.807, 2.05) is 0 Å². The molecule has 0 rings (SSSR count). The topological polar surface area (TPSA) is 87.7 Å². The van der Waals surface area contributed by atoms with Gasteiger partial charge < -0.3 is 15.2 Å². The second-order valence-electron chi connectivity index (χ2n) is 2.40. The number of methoxy groups -OCH3 is 1. The largest absolute Gasteiger partial charge is 0.480 e. The summed E-state index contributed by atoms with van der Waals surface area (Å²) in [6.45, 7) is 0.00313. The van der Waals surface area contributed by atoms with Crippen LogP contribution in [-0.2, 0) is 14.3 Å². The van der Waals surface area contributed by atoms with Gasteiger partial charge in [-0.25, -0.2) is 0 Å². The Morgan fingerprint density at radius 3 is 2.54 bits per heavy atom. The fraction of sp³-hybridized carbons (Fsp3) is 0.714. The first-order valence-electron chi connectivity index (χ1n) is 3.77. The standard InChI is InChI=1S/C7H14N2O4/c1-8-6(10)3-9-5(4-13-2)7(11)12/h5,9H,3-4H2,1-2H3,(H,8,10)(H,11,12). The molecule has 0 aliphatic carbocycles. The lowest BCUT2D eigenvalue weighted by atomic mass is 10.3. The van der Waals surface area contributed by atoms with E-state index in [0.717, 1.165) is 0 Å². The lowest BCUT2D eigenvalue weighted by Crippen LogP contribution is -2.44. The molecular formula is C7H14N2O4. The molecule has 6 heteroatoms. The van der Waals surface area contributed by atoms with Crippen LogP contribution in [0.25, 0.3) is 0 Å². The highest BCUT2D eigenvalue weighted by atomic mass is 16.5. The van der Waals surface area contributed by atoms with Gasteiger partial charge in [-0.15, -0.1) is 0 Å². The summed E-state index contributed by atoms with van der Waals surface area (Å²) in [4.78, 5) is 21.3. The van der Waals surface area contributed by atoms with Crippen molar-refractivity contribution in [1.29, 1.82) is 0 Å². The summed E-state index contributed by atoms with van der Waals surface area (Å²) in [5, 5.41) is 13.5. The molecule has 1 unspecified atom stereocenters. The van der Waals surface area contributed by atoms with E-state index < -0.39 is 12.0 Å². The molecule has 3 N–H and O–H groups in total. The predicted molar refractivity (Wildman–Crippen MR) is 45.4 cm³/mol. The smallest absolute Gasteiger partial charge is 0.323 e. The first-order chi connectivity index (χ1) is 6.11. The zero-order chi connectivity index (χ0) is 10.3. The predicted octanol–water partition coefficient (Wildman–Crippen LogP) is -1.58. The SMILES string of the molecule is CNC(=O)CNC(COC)C(=O)O. The Hall–Kier alpha value is -1.14. The Morgan fingerprint density at radius 2 is 2.15 bits per heavy atom. The van der Waals surface area contributed by atoms with E-state index in [-0.39, 0.29) is 19.1 Å². The molecule has 13 heavy (non-hydrogen) atoms. The van der Waals surface area contributed by atoms with Crippen LogP contribution in [0.1, 0.15) is 0 Å². The number of hydrogen-bond donors (Lipinski definition) is 3. The summed E-state index contributed by atoms with van der Waals surface area (Å²) in [7, 11) is 2.88. The van der Waals surface area contributed by atoms with Crippen LogP contribution >= 0.6 is 0 Å². The number of carboxylic acid groups (broad SMARTS) is 1. The van der Waals surface area contributed by atoms with Crippen molar-refractivity contribution in [3.63, 3.8) is 0 Å². The molecule has 6 nitrogen and oxygen atoms in total. The number of amides is 1. The molecule has 0 aromatic heterocycles. The molecular weight excluding hydrogens is 176 g/mol. The molecule has 0 aliphatic rings. The van der Waals surface area contributed by atoms with Crippen LogP contribution in [0.2, 0.25) is 0 Å². The first-order valence-corrected chi connectivity index (χ1v) is 3.77. The maximum Gasteiger partial charge on any atom is 0.323 e. The van der Waals surface area contributed by atoms with Crippen LogP contribution < -0.4 is 10.6 Å². The van der Waals surface area contributed by atoms with Gasteiger partial charge in [0.2, 0.25) is 5.91 Å². The summed E-state index contributed by atoms with van der Waals surface area (Å²) in [6.07, 6.45) is 0. The van der Waals surface area contributed by atoms with Crippen molar-refractivity contribution >= 4 is 11.9 Å². The molecule has 1 amide bonds. The van der Waals surface area contributed by atoms with Crippen LogP contribution in [0.15, 0.2) is 0 Å². The van der Waals surface area contributed by atoms with Gasteiger partial charge in [0.1, 0.15) is 6.04 Å². The van der Waals surface area contributed by atoms with Gasteiger partial charge >= 0.3 is 5.97 Å². The monoisotopic (exact) mass is 190 g/mol. The summed E-state index contributed by atoms with van der Waals surface area (Å²) in [5.74, 6) is -1.30. The molecule has 0 aromatic rings. The molecule has 0 heterocycles. The average molecular weight is 190 g/mol. The summed E-state index contributed by atoms with van der Waals surface area (Å²) in [6, 6.07) is -0.845. The van der Waals surface area contributed by atoms with Crippen LogP contribution in [0, 0.1) is 0 Å². The van der Waals surface area contributed by atoms with Crippen molar-refractivity contribution in [1.82, 2.24) is 10.6 Å². The van der Waals surface area contributed by atoms with Crippen LogP contribution in [0.5, 0.6) is 0 Å². The lowest BCUT2D eigenvalue weighted by molar-refractivity contribution is -0.140. The highest BCUT2D eigenvalue weighted by molar-refractivity contribution is 5.79. The Balaban J connectivity index is 3.82. The Bertz CT molecular complexity index is 183. The molecule has 0 bridgehead atoms. The summed E-state index contributed by atoms with van der Waals surface area (Å²) >= 11 is 0. The highest BCUT2D eigenvalue weighted by Crippen LogP contribution is 1.84. The molecule has 0 aliphatic heterocycles. The highest BCUT2D eigenvalue weighted by Gasteiger charge is 2.16. The average Bonchev–Trinajstić information content (AvgIpc) is 2.11. The number of hydrogen-bond acceptors (Lipinski definition) is 4. The normalized spacial score (nSPS) is 12.2. The third-order valence-electron chi connectivity index (χ3n) is 1.42. The Morgan fingerprint density at radius 1 is 1.54 bits per heavy atom. The molecule has 0 aromatic carbocycles. The molecule has 1 atom stereocenters. The molecule has 0 saturated heterocycles. The minimum atomic E-state index is -1.04. The molecule has 0 fully saturated rings. The van der Waals surface area contributed by atoms with Crippen LogP contribution in [0.4, 0.5) is 0 Å². The van der Waals surface area contributed by atoms with Crippen molar-refractivity contribution in [3.8, 4) is 0 Å². The van der Waals surface area contributed by atoms with Crippen molar-refractivity contribution in [2.45, 2.75) is 6.04 Å². The number of aliphatic carboxylic acids is 1. The Labute approximate surface area is 76.3 Å². The van der Waals surface area contributed by atoms with Gasteiger partial charge in [-0.1, -0.05) is 0 Å². The van der Waals surface area contributed by atoms with Gasteiger partial charge in [0.05, 0.1) is 13.2 Å². The van der Waals surface area contributed by atoms with E-state index >= 15 is 0 Å². The lowest BCUT2D eigenvalue weighted by Gasteiger charge is -2.12. The molecule has 0 radical (unpaired) electrons. The van der Waals surface area contributed by atoms with Gasteiger partial charge in [-0.3, -0.25) is 14.9 Å². The van der Waals surface area contributed by atoms with Gasteiger partial charge in [0.25, 0.3) is 0 Å². The van der Waals surface area contributed by atoms with Crippen molar-refractivity contribution in [2.75, 3.05) is 27.3 Å². The number of rotatable bonds is 6. The van der Waals surface area contributed by atoms with Crippen molar-refractivity contribution < 1.29 is 19.4 Å². The molecule has 76 valence electrons. The van der Waals surface area contributed by atoms with E-state index in [1.54, 1.807) is 0 Å². The van der Waals surface area contributed by atoms with Gasteiger partial charge in [0.15, 0.2) is 0 Å². The second-order valence-corrected chi connectivity index (χ2v) is 2.40. The zero-order valence-electron chi connectivity index (χ0n) is 7.66.